The van der Waals surface area contributed by atoms with Gasteiger partial charge in [0.25, 0.3) is 0 Å². The van der Waals surface area contributed by atoms with Crippen LogP contribution in [0.5, 0.6) is 5.88 Å². The van der Waals surface area contributed by atoms with E-state index in [0.29, 0.717) is 13.0 Å². The van der Waals surface area contributed by atoms with E-state index in [1.54, 1.807) is 24.5 Å². The van der Waals surface area contributed by atoms with Crippen molar-refractivity contribution in [1.29, 1.82) is 0 Å². The maximum absolute atomic E-state index is 12.9. The quantitative estimate of drug-likeness (QED) is 0.307. The SMILES string of the molecule is CO[C@H](C)C(=O)N[C@@H](Cc1cccc(-c2nccs2)c1)[C@H](O)C[NH2+][C@H]1CC2(CCC2)Oc2ncc(CC(C)(C)C)cc21. The molecule has 0 radical (unpaired) electrons. The van der Waals surface area contributed by atoms with Crippen molar-refractivity contribution >= 4 is 17.2 Å². The van der Waals surface area contributed by atoms with Crippen LogP contribution in [-0.4, -0.2) is 58.5 Å². The molecule has 2 aliphatic rings. The number of aliphatic hydroxyl groups excluding tert-OH is 1. The molecular weight excluding hydrogens is 548 g/mol. The zero-order chi connectivity index (χ0) is 29.9. The second-order valence-electron chi connectivity index (χ2n) is 13.2. The number of thiazole rings is 1. The van der Waals surface area contributed by atoms with Gasteiger partial charge < -0.3 is 25.2 Å². The van der Waals surface area contributed by atoms with Crippen LogP contribution in [-0.2, 0) is 22.4 Å². The number of quaternary nitrogens is 1. The summed E-state index contributed by atoms with van der Waals surface area (Å²) in [4.78, 5) is 22.1. The maximum Gasteiger partial charge on any atom is 0.249 e. The number of rotatable bonds is 11. The molecule has 1 spiro atoms. The second-order valence-corrected chi connectivity index (χ2v) is 14.1. The Kier molecular flexibility index (Phi) is 9.32. The van der Waals surface area contributed by atoms with Crippen molar-refractivity contribution in [2.45, 2.75) is 96.1 Å². The number of fused-ring (bicyclic) bond motifs is 1. The maximum atomic E-state index is 12.9. The number of amides is 1. The molecule has 1 aliphatic heterocycles. The number of ether oxygens (including phenoxy) is 2. The fourth-order valence-corrected chi connectivity index (χ4v) is 6.66. The monoisotopic (exact) mass is 593 g/mol. The average molecular weight is 594 g/mol. The Morgan fingerprint density at radius 1 is 1.26 bits per heavy atom. The topological polar surface area (TPSA) is 110 Å². The van der Waals surface area contributed by atoms with Gasteiger partial charge in [-0.1, -0.05) is 39.0 Å². The van der Waals surface area contributed by atoms with Gasteiger partial charge in [-0.15, -0.1) is 11.3 Å². The molecule has 1 aliphatic carbocycles. The predicted octanol–water partition coefficient (Wildman–Crippen LogP) is 4.23. The third-order valence-corrected chi connectivity index (χ3v) is 9.30. The summed E-state index contributed by atoms with van der Waals surface area (Å²) in [6, 6.07) is 10.0. The summed E-state index contributed by atoms with van der Waals surface area (Å²) in [5.41, 5.74) is 4.35. The fourth-order valence-electron chi connectivity index (χ4n) is 6.03. The average Bonchev–Trinajstić information content (AvgIpc) is 3.48. The zero-order valence-electron chi connectivity index (χ0n) is 25.4. The first-order chi connectivity index (χ1) is 20.0. The van der Waals surface area contributed by atoms with E-state index in [2.05, 4.69) is 48.5 Å². The summed E-state index contributed by atoms with van der Waals surface area (Å²) in [7, 11) is 1.52. The lowest BCUT2D eigenvalue weighted by molar-refractivity contribution is -0.705. The van der Waals surface area contributed by atoms with E-state index in [0.717, 1.165) is 53.3 Å². The lowest BCUT2D eigenvalue weighted by Gasteiger charge is -2.46. The van der Waals surface area contributed by atoms with Gasteiger partial charge in [0.1, 0.15) is 35.4 Å². The van der Waals surface area contributed by atoms with Crippen LogP contribution in [0.25, 0.3) is 10.6 Å². The Labute approximate surface area is 253 Å². The standard InChI is InChI=1S/C33H44N4O4S/c1-21(40-5)29(39)37-26(16-22-8-6-9-24(14-22)31-34-12-13-42-31)28(38)20-35-27-18-33(10-7-11-33)41-30-25(27)15-23(19-36-30)17-32(2,3)4/h6,8-9,12-15,19,21,26-28,35,38H,7,10-11,16-18,20H2,1-5H3,(H,37,39)/p+1/t21-,26+,27+,28-/m1/s1. The minimum atomic E-state index is -0.782. The molecule has 1 aromatic carbocycles. The summed E-state index contributed by atoms with van der Waals surface area (Å²) in [6.45, 7) is 8.85. The van der Waals surface area contributed by atoms with Gasteiger partial charge in [0.15, 0.2) is 0 Å². The van der Waals surface area contributed by atoms with Crippen molar-refractivity contribution < 1.29 is 24.7 Å². The molecule has 8 nitrogen and oxygen atoms in total. The van der Waals surface area contributed by atoms with E-state index in [1.807, 2.05) is 29.8 Å². The normalized spacial score (nSPS) is 19.7. The van der Waals surface area contributed by atoms with Gasteiger partial charge >= 0.3 is 0 Å². The molecule has 1 fully saturated rings. The van der Waals surface area contributed by atoms with Crippen LogP contribution in [0.3, 0.4) is 0 Å². The summed E-state index contributed by atoms with van der Waals surface area (Å²) < 4.78 is 11.7. The number of methoxy groups -OCH3 is 1. The van der Waals surface area contributed by atoms with Crippen LogP contribution in [0.15, 0.2) is 48.1 Å². The number of aromatic nitrogens is 2. The van der Waals surface area contributed by atoms with E-state index in [-0.39, 0.29) is 23.0 Å². The predicted molar refractivity (Wildman–Crippen MR) is 164 cm³/mol. The molecule has 4 atom stereocenters. The molecule has 0 bridgehead atoms. The van der Waals surface area contributed by atoms with Gasteiger partial charge in [-0.2, -0.15) is 0 Å². The van der Waals surface area contributed by atoms with Gasteiger partial charge in [-0.25, -0.2) is 9.97 Å². The molecule has 0 saturated heterocycles. The molecule has 3 heterocycles. The van der Waals surface area contributed by atoms with Crippen molar-refractivity contribution in [3.05, 3.63) is 64.8 Å². The molecule has 42 heavy (non-hydrogen) atoms. The summed E-state index contributed by atoms with van der Waals surface area (Å²) in [6.07, 6.45) is 7.90. The number of carbonyl (C=O) groups is 1. The van der Waals surface area contributed by atoms with Crippen LogP contribution in [0.2, 0.25) is 0 Å². The van der Waals surface area contributed by atoms with Crippen molar-refractivity contribution in [1.82, 2.24) is 15.3 Å². The lowest BCUT2D eigenvalue weighted by atomic mass is 9.73. The first-order valence-corrected chi connectivity index (χ1v) is 15.9. The fraction of sp³-hybridized carbons (Fsp3) is 0.545. The summed E-state index contributed by atoms with van der Waals surface area (Å²) in [5.74, 6) is 0.491. The van der Waals surface area contributed by atoms with Gasteiger partial charge in [-0.05, 0) is 67.7 Å². The Hall–Kier alpha value is -2.85. The number of hydrogen-bond acceptors (Lipinski definition) is 7. The minimum Gasteiger partial charge on any atom is -0.470 e. The molecule has 5 rings (SSSR count). The van der Waals surface area contributed by atoms with Gasteiger partial charge in [0, 0.05) is 36.9 Å². The summed E-state index contributed by atoms with van der Waals surface area (Å²) >= 11 is 1.59. The van der Waals surface area contributed by atoms with Crippen LogP contribution in [0.1, 0.15) is 76.1 Å². The second kappa shape index (κ2) is 12.8. The Bertz CT molecular complexity index is 1350. The van der Waals surface area contributed by atoms with Crippen LogP contribution < -0.4 is 15.4 Å². The number of nitrogens with two attached hydrogens (primary N) is 1. The number of nitrogens with zero attached hydrogens (tertiary/aromatic N) is 2. The number of hydrogen-bond donors (Lipinski definition) is 3. The Morgan fingerprint density at radius 2 is 2.07 bits per heavy atom. The molecule has 0 unspecified atom stereocenters. The van der Waals surface area contributed by atoms with Crippen molar-refractivity contribution in [3.8, 4) is 16.5 Å². The summed E-state index contributed by atoms with van der Waals surface area (Å²) in [5, 5.41) is 19.8. The number of pyridine rings is 1. The minimum absolute atomic E-state index is 0.124. The molecule has 9 heteroatoms. The molecule has 4 N–H and O–H groups in total. The highest BCUT2D eigenvalue weighted by Gasteiger charge is 2.48. The van der Waals surface area contributed by atoms with Crippen molar-refractivity contribution in [2.75, 3.05) is 13.7 Å². The number of aliphatic hydroxyl groups is 1. The molecule has 1 saturated carbocycles. The zero-order valence-corrected chi connectivity index (χ0v) is 26.2. The number of nitrogens with one attached hydrogen (secondary N) is 1. The highest BCUT2D eigenvalue weighted by Crippen LogP contribution is 2.47. The first kappa shape index (κ1) is 30.6. The van der Waals surface area contributed by atoms with Crippen molar-refractivity contribution in [3.63, 3.8) is 0 Å². The highest BCUT2D eigenvalue weighted by molar-refractivity contribution is 7.13. The molecule has 226 valence electrons. The number of carbonyl (C=O) groups excluding carboxylic acids is 1. The highest BCUT2D eigenvalue weighted by atomic mass is 32.1. The first-order valence-electron chi connectivity index (χ1n) is 15.1. The Morgan fingerprint density at radius 3 is 2.74 bits per heavy atom. The van der Waals surface area contributed by atoms with Crippen LogP contribution >= 0.6 is 11.3 Å². The lowest BCUT2D eigenvalue weighted by Crippen LogP contribution is -2.89. The third kappa shape index (κ3) is 7.37. The smallest absolute Gasteiger partial charge is 0.249 e. The van der Waals surface area contributed by atoms with Gasteiger partial charge in [-0.3, -0.25) is 4.79 Å². The number of benzene rings is 1. The van der Waals surface area contributed by atoms with E-state index in [1.165, 1.54) is 19.1 Å². The molecule has 1 amide bonds. The van der Waals surface area contributed by atoms with E-state index in [4.69, 9.17) is 14.5 Å². The van der Waals surface area contributed by atoms with Gasteiger partial charge in [0.2, 0.25) is 11.8 Å². The van der Waals surface area contributed by atoms with E-state index in [9.17, 15) is 9.90 Å². The molecule has 3 aromatic rings. The van der Waals surface area contributed by atoms with Crippen LogP contribution in [0, 0.1) is 5.41 Å². The van der Waals surface area contributed by atoms with E-state index >= 15 is 0 Å². The Balaban J connectivity index is 1.34. The van der Waals surface area contributed by atoms with E-state index < -0.39 is 18.2 Å². The van der Waals surface area contributed by atoms with Gasteiger partial charge in [0.05, 0.1) is 11.6 Å². The largest absolute Gasteiger partial charge is 0.470 e. The molecule has 2 aromatic heterocycles. The van der Waals surface area contributed by atoms with Crippen molar-refractivity contribution in [2.24, 2.45) is 5.41 Å². The van der Waals surface area contributed by atoms with Crippen LogP contribution in [0.4, 0.5) is 0 Å². The third-order valence-electron chi connectivity index (χ3n) is 8.48. The molecular formula is C33H45N4O4S+.